The molecule has 0 aliphatic carbocycles. The number of rotatable bonds is 4. The third-order valence-electron chi connectivity index (χ3n) is 2.46. The van der Waals surface area contributed by atoms with E-state index in [1.165, 1.54) is 7.05 Å². The molecule has 1 atom stereocenters. The van der Waals surface area contributed by atoms with Crippen LogP contribution in [0.3, 0.4) is 0 Å². The van der Waals surface area contributed by atoms with Gasteiger partial charge in [-0.05, 0) is 6.92 Å². The van der Waals surface area contributed by atoms with Gasteiger partial charge in [-0.1, -0.05) is 30.3 Å². The highest BCUT2D eigenvalue weighted by atomic mass is 16.2. The summed E-state index contributed by atoms with van der Waals surface area (Å²) in [5.74, 6) is -0.299. The summed E-state index contributed by atoms with van der Waals surface area (Å²) in [6.45, 7) is 2.24. The van der Waals surface area contributed by atoms with Crippen molar-refractivity contribution in [2.24, 2.45) is 0 Å². The zero-order valence-corrected chi connectivity index (χ0v) is 10.1. The zero-order chi connectivity index (χ0) is 12.7. The van der Waals surface area contributed by atoms with Gasteiger partial charge in [0.05, 0.1) is 0 Å². The number of benzene rings is 1. The molecule has 0 saturated carbocycles. The van der Waals surface area contributed by atoms with E-state index in [1.54, 1.807) is 0 Å². The van der Waals surface area contributed by atoms with Crippen molar-refractivity contribution in [1.29, 1.82) is 0 Å². The summed E-state index contributed by atoms with van der Waals surface area (Å²) in [6.07, 6.45) is 0. The fourth-order valence-electron chi connectivity index (χ4n) is 1.42. The number of carbonyl (C=O) groups excluding carboxylic acids is 2. The Kier molecular flexibility index (Phi) is 5.16. The van der Waals surface area contributed by atoms with Crippen LogP contribution in [0.1, 0.15) is 18.5 Å². The first-order valence-corrected chi connectivity index (χ1v) is 5.53. The van der Waals surface area contributed by atoms with Crippen LogP contribution in [0.15, 0.2) is 30.3 Å². The van der Waals surface area contributed by atoms with Gasteiger partial charge in [-0.15, -0.1) is 0 Å². The number of hydrogen-bond acceptors (Lipinski definition) is 2. The van der Waals surface area contributed by atoms with Crippen LogP contribution >= 0.6 is 0 Å². The summed E-state index contributed by atoms with van der Waals surface area (Å²) in [4.78, 5) is 22.2. The molecule has 0 saturated heterocycles. The van der Waals surface area contributed by atoms with Crippen LogP contribution in [-0.4, -0.2) is 25.5 Å². The first kappa shape index (κ1) is 13.2. The van der Waals surface area contributed by atoms with Crippen LogP contribution in [0.5, 0.6) is 0 Å². The largest absolute Gasteiger partial charge is 0.341 e. The average molecular weight is 236 g/mol. The van der Waals surface area contributed by atoms with E-state index in [2.05, 4.69) is 10.6 Å². The van der Waals surface area contributed by atoms with Crippen LogP contribution in [0, 0.1) is 0 Å². The molecule has 5 nitrogen and oxygen atoms in total. The molecule has 0 unspecified atom stereocenters. The van der Waals surface area contributed by atoms with Crippen molar-refractivity contribution in [2.75, 3.05) is 13.6 Å². The van der Waals surface area contributed by atoms with E-state index in [-0.39, 0.29) is 18.5 Å². The Morgan fingerprint density at radius 3 is 2.53 bits per heavy atom. The van der Waals surface area contributed by atoms with Gasteiger partial charge in [-0.25, -0.2) is 4.79 Å². The smallest absolute Gasteiger partial charge is 0.321 e. The molecule has 0 spiro atoms. The fourth-order valence-corrected chi connectivity index (χ4v) is 1.42. The number of hydrogen-bond donors (Lipinski definition) is 3. The number of carbonyl (C=O) groups is 2. The lowest BCUT2D eigenvalue weighted by atomic mass is 10.1. The van der Waals surface area contributed by atoms with Crippen LogP contribution in [0.4, 0.5) is 4.79 Å². The number of amides is 3. The number of imide groups is 1. The van der Waals surface area contributed by atoms with Gasteiger partial charge in [0.15, 0.2) is 6.54 Å². The molecule has 0 radical (unpaired) electrons. The van der Waals surface area contributed by atoms with Gasteiger partial charge < -0.3 is 10.6 Å². The van der Waals surface area contributed by atoms with Gasteiger partial charge in [0.1, 0.15) is 6.04 Å². The predicted octanol–water partition coefficient (Wildman–Crippen LogP) is -0.233. The topological polar surface area (TPSA) is 74.8 Å². The first-order chi connectivity index (χ1) is 8.13. The standard InChI is InChI=1S/C12H17N3O2/c1-9(10-6-4-3-5-7-10)14-8-11(16)15-12(17)13-2/h3-7,9,14H,8H2,1-2H3,(H2,13,15,16,17)/p+1/t9-/m0/s1. The lowest BCUT2D eigenvalue weighted by molar-refractivity contribution is -0.682. The molecule has 92 valence electrons. The second-order valence-corrected chi connectivity index (χ2v) is 3.77. The zero-order valence-electron chi connectivity index (χ0n) is 10.1. The predicted molar refractivity (Wildman–Crippen MR) is 64.2 cm³/mol. The first-order valence-electron chi connectivity index (χ1n) is 5.53. The maximum atomic E-state index is 11.3. The molecule has 17 heavy (non-hydrogen) atoms. The molecule has 0 heterocycles. The van der Waals surface area contributed by atoms with Crippen LogP contribution in [0.25, 0.3) is 0 Å². The van der Waals surface area contributed by atoms with Crippen molar-refractivity contribution in [3.8, 4) is 0 Å². The molecule has 5 heteroatoms. The van der Waals surface area contributed by atoms with E-state index in [0.717, 1.165) is 5.56 Å². The highest BCUT2D eigenvalue weighted by Gasteiger charge is 2.12. The molecular formula is C12H18N3O2+. The van der Waals surface area contributed by atoms with Crippen molar-refractivity contribution < 1.29 is 14.9 Å². The van der Waals surface area contributed by atoms with Crippen LogP contribution in [0.2, 0.25) is 0 Å². The Morgan fingerprint density at radius 2 is 1.94 bits per heavy atom. The van der Waals surface area contributed by atoms with Crippen molar-refractivity contribution in [3.05, 3.63) is 35.9 Å². The minimum Gasteiger partial charge on any atom is -0.341 e. The summed E-state index contributed by atoms with van der Waals surface area (Å²) < 4.78 is 0. The average Bonchev–Trinajstić information content (AvgIpc) is 2.36. The molecule has 0 bridgehead atoms. The lowest BCUT2D eigenvalue weighted by Gasteiger charge is -2.10. The van der Waals surface area contributed by atoms with Crippen molar-refractivity contribution in [1.82, 2.24) is 10.6 Å². The van der Waals surface area contributed by atoms with E-state index >= 15 is 0 Å². The van der Waals surface area contributed by atoms with E-state index < -0.39 is 6.03 Å². The van der Waals surface area contributed by atoms with Gasteiger partial charge in [-0.2, -0.15) is 0 Å². The molecule has 0 fully saturated rings. The second kappa shape index (κ2) is 6.65. The Morgan fingerprint density at radius 1 is 1.29 bits per heavy atom. The lowest BCUT2D eigenvalue weighted by Crippen LogP contribution is -2.87. The summed E-state index contributed by atoms with van der Waals surface area (Å²) >= 11 is 0. The number of nitrogens with two attached hydrogens (primary N) is 1. The molecule has 1 rings (SSSR count). The Hall–Kier alpha value is -1.88. The highest BCUT2D eigenvalue weighted by Crippen LogP contribution is 2.05. The van der Waals surface area contributed by atoms with Crippen LogP contribution in [-0.2, 0) is 4.79 Å². The van der Waals surface area contributed by atoms with E-state index in [0.29, 0.717) is 0 Å². The van der Waals surface area contributed by atoms with Crippen molar-refractivity contribution in [3.63, 3.8) is 0 Å². The van der Waals surface area contributed by atoms with E-state index in [9.17, 15) is 9.59 Å². The summed E-state index contributed by atoms with van der Waals surface area (Å²) in [5, 5.41) is 6.43. The fraction of sp³-hybridized carbons (Fsp3) is 0.333. The third-order valence-corrected chi connectivity index (χ3v) is 2.46. The highest BCUT2D eigenvalue weighted by molar-refractivity contribution is 5.94. The van der Waals surface area contributed by atoms with Gasteiger partial charge in [0.25, 0.3) is 5.91 Å². The number of urea groups is 1. The SMILES string of the molecule is CNC(=O)NC(=O)C[NH2+][C@@H](C)c1ccccc1. The molecule has 0 aromatic heterocycles. The van der Waals surface area contributed by atoms with E-state index in [1.807, 2.05) is 42.6 Å². The van der Waals surface area contributed by atoms with Crippen molar-refractivity contribution >= 4 is 11.9 Å². The molecule has 4 N–H and O–H groups in total. The van der Waals surface area contributed by atoms with E-state index in [4.69, 9.17) is 0 Å². The maximum absolute atomic E-state index is 11.3. The molecular weight excluding hydrogens is 218 g/mol. The number of nitrogens with one attached hydrogen (secondary N) is 2. The molecule has 0 aliphatic rings. The van der Waals surface area contributed by atoms with Gasteiger partial charge in [-0.3, -0.25) is 10.1 Å². The maximum Gasteiger partial charge on any atom is 0.321 e. The molecule has 3 amide bonds. The summed E-state index contributed by atoms with van der Waals surface area (Å²) in [6, 6.07) is 9.61. The number of quaternary nitrogens is 1. The minimum absolute atomic E-state index is 0.187. The Balaban J connectivity index is 2.36. The Bertz CT molecular complexity index is 379. The third kappa shape index (κ3) is 4.65. The molecule has 1 aromatic carbocycles. The quantitative estimate of drug-likeness (QED) is 0.675. The second-order valence-electron chi connectivity index (χ2n) is 3.77. The van der Waals surface area contributed by atoms with Gasteiger partial charge in [0, 0.05) is 12.6 Å². The van der Waals surface area contributed by atoms with Gasteiger partial charge >= 0.3 is 6.03 Å². The van der Waals surface area contributed by atoms with Crippen LogP contribution < -0.4 is 16.0 Å². The van der Waals surface area contributed by atoms with Crippen molar-refractivity contribution in [2.45, 2.75) is 13.0 Å². The minimum atomic E-state index is -0.476. The van der Waals surface area contributed by atoms with Gasteiger partial charge in [0.2, 0.25) is 0 Å². The molecule has 1 aromatic rings. The summed E-state index contributed by atoms with van der Waals surface area (Å²) in [5.41, 5.74) is 1.15. The Labute approximate surface area is 101 Å². The molecule has 0 aliphatic heterocycles. The normalized spacial score (nSPS) is 11.6. The monoisotopic (exact) mass is 236 g/mol. The summed E-state index contributed by atoms with van der Waals surface area (Å²) in [7, 11) is 1.47.